The maximum absolute atomic E-state index is 13.6. The van der Waals surface area contributed by atoms with Crippen molar-refractivity contribution in [2.75, 3.05) is 0 Å². The van der Waals surface area contributed by atoms with Gasteiger partial charge in [0.15, 0.2) is 0 Å². The quantitative estimate of drug-likeness (QED) is 0.457. The molecule has 0 saturated carbocycles. The number of rotatable bonds is 2. The minimum atomic E-state index is -0.920. The minimum absolute atomic E-state index is 0.182. The van der Waals surface area contributed by atoms with Gasteiger partial charge in [0.05, 0.1) is 4.83 Å². The van der Waals surface area contributed by atoms with Crippen LogP contribution in [0.15, 0.2) is 36.4 Å². The van der Waals surface area contributed by atoms with Gasteiger partial charge in [-0.2, -0.15) is 0 Å². The van der Waals surface area contributed by atoms with Crippen LogP contribution in [0.4, 0.5) is 13.2 Å². The fraction of sp³-hybridized carbons (Fsp3) is 0.0769. The van der Waals surface area contributed by atoms with E-state index < -0.39 is 22.3 Å². The first-order valence-corrected chi connectivity index (χ1v) is 7.02. The molecule has 2 rings (SSSR count). The highest BCUT2D eigenvalue weighted by atomic mass is 127. The lowest BCUT2D eigenvalue weighted by Gasteiger charge is -2.13. The molecule has 5 heteroatoms. The van der Waals surface area contributed by atoms with Crippen LogP contribution in [-0.4, -0.2) is 0 Å². The summed E-state index contributed by atoms with van der Waals surface area (Å²) in [4.78, 5) is -0.646. The molecule has 0 saturated heterocycles. The summed E-state index contributed by atoms with van der Waals surface area (Å²) in [7, 11) is 0. The molecule has 0 N–H and O–H groups in total. The van der Waals surface area contributed by atoms with Crippen molar-refractivity contribution in [1.82, 2.24) is 0 Å². The second kappa shape index (κ2) is 5.61. The van der Waals surface area contributed by atoms with Crippen molar-refractivity contribution < 1.29 is 13.2 Å². The molecule has 94 valence electrons. The Labute approximate surface area is 124 Å². The number of hydrogen-bond donors (Lipinski definition) is 0. The standard InChI is InChI=1S/C13H7BrF3I/c14-13(7-2-1-3-9(18)4-7)12-10(16)5-8(15)6-11(12)17/h1-6,13H. The summed E-state index contributed by atoms with van der Waals surface area (Å²) < 4.78 is 41.1. The normalized spacial score (nSPS) is 12.5. The lowest BCUT2D eigenvalue weighted by atomic mass is 10.0. The van der Waals surface area contributed by atoms with Crippen molar-refractivity contribution in [3.8, 4) is 0 Å². The Morgan fingerprint density at radius 2 is 1.61 bits per heavy atom. The van der Waals surface area contributed by atoms with Crippen LogP contribution in [0.5, 0.6) is 0 Å². The zero-order chi connectivity index (χ0) is 13.3. The Balaban J connectivity index is 2.49. The third-order valence-corrected chi connectivity index (χ3v) is 4.10. The number of hydrogen-bond acceptors (Lipinski definition) is 0. The molecule has 1 unspecified atom stereocenters. The molecule has 0 fully saturated rings. The first-order chi connectivity index (χ1) is 8.49. The first kappa shape index (κ1) is 13.9. The van der Waals surface area contributed by atoms with E-state index in [9.17, 15) is 13.2 Å². The molecular weight excluding hydrogens is 420 g/mol. The molecule has 1 atom stereocenters. The zero-order valence-corrected chi connectivity index (χ0v) is 12.7. The Kier molecular flexibility index (Phi) is 4.32. The largest absolute Gasteiger partial charge is 0.207 e. The fourth-order valence-electron chi connectivity index (χ4n) is 1.63. The fourth-order valence-corrected chi connectivity index (χ4v) is 2.92. The van der Waals surface area contributed by atoms with Gasteiger partial charge in [0.25, 0.3) is 0 Å². The Bertz CT molecular complexity index is 563. The molecular formula is C13H7BrF3I. The molecule has 0 aliphatic carbocycles. The summed E-state index contributed by atoms with van der Waals surface area (Å²) in [5.74, 6) is -2.71. The van der Waals surface area contributed by atoms with Gasteiger partial charge in [0.1, 0.15) is 17.5 Å². The van der Waals surface area contributed by atoms with E-state index in [1.54, 1.807) is 12.1 Å². The second-order valence-corrected chi connectivity index (χ2v) is 5.86. The van der Waals surface area contributed by atoms with E-state index in [0.717, 1.165) is 3.57 Å². The topological polar surface area (TPSA) is 0 Å². The van der Waals surface area contributed by atoms with Crippen molar-refractivity contribution in [3.05, 3.63) is 68.5 Å². The monoisotopic (exact) mass is 426 g/mol. The van der Waals surface area contributed by atoms with Crippen molar-refractivity contribution in [1.29, 1.82) is 0 Å². The molecule has 0 aliphatic heterocycles. The number of benzene rings is 2. The van der Waals surface area contributed by atoms with E-state index in [1.165, 1.54) is 0 Å². The van der Waals surface area contributed by atoms with Crippen molar-refractivity contribution in [2.24, 2.45) is 0 Å². The van der Waals surface area contributed by atoms with Crippen molar-refractivity contribution in [2.45, 2.75) is 4.83 Å². The number of alkyl halides is 1. The first-order valence-electron chi connectivity index (χ1n) is 5.03. The van der Waals surface area contributed by atoms with E-state index in [-0.39, 0.29) is 5.56 Å². The summed E-state index contributed by atoms with van der Waals surface area (Å²) in [6.45, 7) is 0. The predicted molar refractivity (Wildman–Crippen MR) is 76.2 cm³/mol. The van der Waals surface area contributed by atoms with Gasteiger partial charge in [-0.05, 0) is 40.3 Å². The lowest BCUT2D eigenvalue weighted by molar-refractivity contribution is 0.527. The van der Waals surface area contributed by atoms with Gasteiger partial charge in [-0.3, -0.25) is 0 Å². The van der Waals surface area contributed by atoms with Crippen LogP contribution in [0.1, 0.15) is 16.0 Å². The molecule has 0 spiro atoms. The molecule has 0 nitrogen and oxygen atoms in total. The molecule has 2 aromatic rings. The van der Waals surface area contributed by atoms with Gasteiger partial charge in [-0.25, -0.2) is 13.2 Å². The van der Waals surface area contributed by atoms with Gasteiger partial charge in [0, 0.05) is 21.3 Å². The SMILES string of the molecule is Fc1cc(F)c(C(Br)c2cccc(I)c2)c(F)c1. The highest BCUT2D eigenvalue weighted by Crippen LogP contribution is 2.35. The Morgan fingerprint density at radius 3 is 2.17 bits per heavy atom. The summed E-state index contributed by atoms with van der Waals surface area (Å²) in [5.41, 5.74) is 0.532. The summed E-state index contributed by atoms with van der Waals surface area (Å²) in [5, 5.41) is 0. The van der Waals surface area contributed by atoms with Gasteiger partial charge >= 0.3 is 0 Å². The highest BCUT2D eigenvalue weighted by molar-refractivity contribution is 14.1. The molecule has 0 radical (unpaired) electrons. The summed E-state index contributed by atoms with van der Waals surface area (Å²) in [6.07, 6.45) is 0. The average Bonchev–Trinajstić information content (AvgIpc) is 2.27. The predicted octanol–water partition coefficient (Wildman–Crippen LogP) is 5.19. The molecule has 0 aliphatic rings. The van der Waals surface area contributed by atoms with Crippen molar-refractivity contribution in [3.63, 3.8) is 0 Å². The Hall–Kier alpha value is -0.560. The van der Waals surface area contributed by atoms with E-state index in [4.69, 9.17) is 0 Å². The van der Waals surface area contributed by atoms with Crippen LogP contribution in [0, 0.1) is 21.0 Å². The second-order valence-electron chi connectivity index (χ2n) is 3.70. The number of halogens is 5. The third kappa shape index (κ3) is 2.88. The van der Waals surface area contributed by atoms with Gasteiger partial charge in [-0.1, -0.05) is 28.1 Å². The van der Waals surface area contributed by atoms with Crippen LogP contribution < -0.4 is 0 Å². The average molecular weight is 427 g/mol. The van der Waals surface area contributed by atoms with Gasteiger partial charge in [-0.15, -0.1) is 0 Å². The van der Waals surface area contributed by atoms with Crippen LogP contribution in [0.25, 0.3) is 0 Å². The zero-order valence-electron chi connectivity index (χ0n) is 8.93. The van der Waals surface area contributed by atoms with Crippen LogP contribution in [0.2, 0.25) is 0 Å². The van der Waals surface area contributed by atoms with E-state index in [1.807, 2.05) is 12.1 Å². The molecule has 2 aromatic carbocycles. The summed E-state index contributed by atoms with van der Waals surface area (Å²) >= 11 is 5.36. The van der Waals surface area contributed by atoms with Crippen LogP contribution in [-0.2, 0) is 0 Å². The highest BCUT2D eigenvalue weighted by Gasteiger charge is 2.20. The molecule has 0 aromatic heterocycles. The smallest absolute Gasteiger partial charge is 0.133 e. The van der Waals surface area contributed by atoms with Crippen LogP contribution in [0.3, 0.4) is 0 Å². The molecule has 0 heterocycles. The molecule has 0 amide bonds. The summed E-state index contributed by atoms with van der Waals surface area (Å²) in [6, 6.07) is 8.60. The lowest BCUT2D eigenvalue weighted by Crippen LogP contribution is -2.02. The van der Waals surface area contributed by atoms with Gasteiger partial charge in [0.2, 0.25) is 0 Å². The maximum Gasteiger partial charge on any atom is 0.133 e. The van der Waals surface area contributed by atoms with E-state index in [2.05, 4.69) is 38.5 Å². The third-order valence-electron chi connectivity index (χ3n) is 2.44. The van der Waals surface area contributed by atoms with E-state index in [0.29, 0.717) is 17.7 Å². The van der Waals surface area contributed by atoms with Crippen molar-refractivity contribution >= 4 is 38.5 Å². The molecule has 0 bridgehead atoms. The van der Waals surface area contributed by atoms with Crippen LogP contribution >= 0.6 is 38.5 Å². The minimum Gasteiger partial charge on any atom is -0.207 e. The maximum atomic E-state index is 13.6. The van der Waals surface area contributed by atoms with E-state index >= 15 is 0 Å². The van der Waals surface area contributed by atoms with Gasteiger partial charge < -0.3 is 0 Å². The Morgan fingerprint density at radius 1 is 1.00 bits per heavy atom. The molecule has 18 heavy (non-hydrogen) atoms.